The van der Waals surface area contributed by atoms with E-state index in [4.69, 9.17) is 5.11 Å². The molecule has 0 bridgehead atoms. The normalized spacial score (nSPS) is 24.5. The van der Waals surface area contributed by atoms with Crippen LogP contribution in [0.4, 0.5) is 4.79 Å². The van der Waals surface area contributed by atoms with Crippen LogP contribution in [0.5, 0.6) is 0 Å². The van der Waals surface area contributed by atoms with E-state index in [2.05, 4.69) is 10.6 Å². The molecule has 7 heteroatoms. The molecule has 1 aliphatic rings. The zero-order valence-electron chi connectivity index (χ0n) is 11.2. The summed E-state index contributed by atoms with van der Waals surface area (Å²) in [5, 5.41) is 14.4. The number of hydrogen-bond donors (Lipinski definition) is 3. The van der Waals surface area contributed by atoms with Gasteiger partial charge in [0.05, 0.1) is 5.92 Å². The number of nitrogens with one attached hydrogen (secondary N) is 2. The molecule has 0 spiro atoms. The molecule has 0 radical (unpaired) electrons. The highest BCUT2D eigenvalue weighted by Crippen LogP contribution is 2.24. The summed E-state index contributed by atoms with van der Waals surface area (Å²) in [6.45, 7) is 0.510. The molecule has 110 valence electrons. The van der Waals surface area contributed by atoms with Gasteiger partial charge in [-0.2, -0.15) is 0 Å². The molecule has 0 saturated heterocycles. The molecule has 2 amide bonds. The standard InChI is InChI=1S/C12H22N2O4S/c1-19(18)8-2-7-13-12(17)14-10-5-3-9(4-6-10)11(15)16/h9-10H,2-8H2,1H3,(H,15,16)(H2,13,14,17). The van der Waals surface area contributed by atoms with Crippen molar-refractivity contribution in [3.8, 4) is 0 Å². The first-order valence-corrected chi connectivity index (χ1v) is 8.29. The molecule has 1 aliphatic carbocycles. The van der Waals surface area contributed by atoms with E-state index in [1.165, 1.54) is 0 Å². The fourth-order valence-electron chi connectivity index (χ4n) is 2.20. The Morgan fingerprint density at radius 1 is 1.26 bits per heavy atom. The van der Waals surface area contributed by atoms with Gasteiger partial charge in [0.1, 0.15) is 0 Å². The highest BCUT2D eigenvalue weighted by molar-refractivity contribution is 7.84. The smallest absolute Gasteiger partial charge is 0.315 e. The molecule has 6 nitrogen and oxygen atoms in total. The summed E-state index contributed by atoms with van der Waals surface area (Å²) in [4.78, 5) is 22.3. The Bertz CT molecular complexity index is 341. The predicted octanol–water partition coefficient (Wildman–Crippen LogP) is 0.698. The number of hydrogen-bond acceptors (Lipinski definition) is 3. The molecule has 0 aromatic rings. The molecular formula is C12H22N2O4S. The monoisotopic (exact) mass is 290 g/mol. The van der Waals surface area contributed by atoms with Gasteiger partial charge in [-0.3, -0.25) is 9.00 Å². The molecule has 0 heterocycles. The second-order valence-corrected chi connectivity index (χ2v) is 6.47. The van der Waals surface area contributed by atoms with Crippen molar-refractivity contribution in [2.24, 2.45) is 5.92 Å². The number of rotatable bonds is 6. The Hall–Kier alpha value is -1.11. The van der Waals surface area contributed by atoms with Crippen molar-refractivity contribution in [3.63, 3.8) is 0 Å². The Balaban J connectivity index is 2.13. The number of urea groups is 1. The highest BCUT2D eigenvalue weighted by atomic mass is 32.2. The predicted molar refractivity (Wildman–Crippen MR) is 73.5 cm³/mol. The van der Waals surface area contributed by atoms with Gasteiger partial charge in [0.15, 0.2) is 0 Å². The second kappa shape index (κ2) is 8.14. The first-order chi connectivity index (χ1) is 8.99. The molecule has 1 saturated carbocycles. The van der Waals surface area contributed by atoms with Crippen molar-refractivity contribution < 1.29 is 18.9 Å². The summed E-state index contributed by atoms with van der Waals surface area (Å²) in [5.41, 5.74) is 0. The summed E-state index contributed by atoms with van der Waals surface area (Å²) in [6, 6.07) is -0.156. The van der Waals surface area contributed by atoms with Gasteiger partial charge in [-0.05, 0) is 32.1 Å². The lowest BCUT2D eigenvalue weighted by atomic mass is 9.86. The number of carboxylic acids is 1. The Labute approximate surface area is 115 Å². The van der Waals surface area contributed by atoms with Crippen LogP contribution in [-0.2, 0) is 15.6 Å². The average Bonchev–Trinajstić information content (AvgIpc) is 2.35. The lowest BCUT2D eigenvalue weighted by Crippen LogP contribution is -2.44. The van der Waals surface area contributed by atoms with Crippen LogP contribution < -0.4 is 10.6 Å². The van der Waals surface area contributed by atoms with Crippen molar-refractivity contribution in [1.29, 1.82) is 0 Å². The third-order valence-electron chi connectivity index (χ3n) is 3.31. The molecule has 1 fully saturated rings. The molecular weight excluding hydrogens is 268 g/mol. The van der Waals surface area contributed by atoms with E-state index >= 15 is 0 Å². The summed E-state index contributed by atoms with van der Waals surface area (Å²) in [6.07, 6.45) is 5.00. The van der Waals surface area contributed by atoms with Gasteiger partial charge in [0.2, 0.25) is 0 Å². The molecule has 3 N–H and O–H groups in total. The van der Waals surface area contributed by atoms with Crippen molar-refractivity contribution in [3.05, 3.63) is 0 Å². The maximum Gasteiger partial charge on any atom is 0.315 e. The fourth-order valence-corrected chi connectivity index (χ4v) is 2.75. The van der Waals surface area contributed by atoms with Gasteiger partial charge in [-0.15, -0.1) is 0 Å². The van der Waals surface area contributed by atoms with Crippen LogP contribution in [0.25, 0.3) is 0 Å². The number of carbonyl (C=O) groups is 2. The van der Waals surface area contributed by atoms with Gasteiger partial charge in [0.25, 0.3) is 0 Å². The first-order valence-electron chi connectivity index (χ1n) is 6.56. The Morgan fingerprint density at radius 2 is 1.89 bits per heavy atom. The molecule has 0 aromatic carbocycles. The van der Waals surface area contributed by atoms with Gasteiger partial charge < -0.3 is 15.7 Å². The van der Waals surface area contributed by atoms with Gasteiger partial charge in [-0.25, -0.2) is 4.79 Å². The summed E-state index contributed by atoms with van der Waals surface area (Å²) < 4.78 is 10.8. The zero-order valence-corrected chi connectivity index (χ0v) is 12.0. The van der Waals surface area contributed by atoms with Gasteiger partial charge in [-0.1, -0.05) is 0 Å². The number of carbonyl (C=O) groups excluding carboxylic acids is 1. The van der Waals surface area contributed by atoms with Gasteiger partial charge in [0, 0.05) is 35.4 Å². The molecule has 1 rings (SSSR count). The van der Waals surface area contributed by atoms with E-state index in [1.807, 2.05) is 0 Å². The average molecular weight is 290 g/mol. The lowest BCUT2D eigenvalue weighted by molar-refractivity contribution is -0.142. The van der Waals surface area contributed by atoms with Crippen LogP contribution >= 0.6 is 0 Å². The number of aliphatic carboxylic acids is 1. The zero-order chi connectivity index (χ0) is 14.3. The maximum atomic E-state index is 11.6. The van der Waals surface area contributed by atoms with Crippen molar-refractivity contribution in [2.75, 3.05) is 18.6 Å². The summed E-state index contributed by atoms with van der Waals surface area (Å²) in [5.74, 6) is -0.416. The lowest BCUT2D eigenvalue weighted by Gasteiger charge is -2.26. The Morgan fingerprint density at radius 3 is 2.42 bits per heavy atom. The fraction of sp³-hybridized carbons (Fsp3) is 0.833. The highest BCUT2D eigenvalue weighted by Gasteiger charge is 2.26. The van der Waals surface area contributed by atoms with E-state index in [0.717, 1.165) is 0 Å². The van der Waals surface area contributed by atoms with Crippen LogP contribution in [0.15, 0.2) is 0 Å². The summed E-state index contributed by atoms with van der Waals surface area (Å²) in [7, 11) is -0.822. The van der Waals surface area contributed by atoms with Crippen molar-refractivity contribution >= 4 is 22.8 Å². The molecule has 1 atom stereocenters. The summed E-state index contributed by atoms with van der Waals surface area (Å²) >= 11 is 0. The van der Waals surface area contributed by atoms with Crippen LogP contribution in [0, 0.1) is 5.92 Å². The third-order valence-corrected chi connectivity index (χ3v) is 4.17. The van der Waals surface area contributed by atoms with E-state index in [0.29, 0.717) is 44.4 Å². The van der Waals surface area contributed by atoms with E-state index in [1.54, 1.807) is 6.26 Å². The largest absolute Gasteiger partial charge is 0.481 e. The minimum absolute atomic E-state index is 0.0657. The van der Waals surface area contributed by atoms with Crippen LogP contribution in [0.1, 0.15) is 32.1 Å². The minimum Gasteiger partial charge on any atom is -0.481 e. The molecule has 0 aromatic heterocycles. The first kappa shape index (κ1) is 15.9. The van der Waals surface area contributed by atoms with E-state index < -0.39 is 16.8 Å². The van der Waals surface area contributed by atoms with Crippen LogP contribution in [0.3, 0.4) is 0 Å². The number of carboxylic acid groups (broad SMARTS) is 1. The molecule has 1 unspecified atom stereocenters. The second-order valence-electron chi connectivity index (χ2n) is 4.92. The van der Waals surface area contributed by atoms with Gasteiger partial charge >= 0.3 is 12.0 Å². The van der Waals surface area contributed by atoms with Crippen LogP contribution in [-0.4, -0.2) is 45.9 Å². The topological polar surface area (TPSA) is 95.5 Å². The molecule has 0 aliphatic heterocycles. The quantitative estimate of drug-likeness (QED) is 0.627. The van der Waals surface area contributed by atoms with E-state index in [-0.39, 0.29) is 18.0 Å². The van der Waals surface area contributed by atoms with E-state index in [9.17, 15) is 13.8 Å². The third kappa shape index (κ3) is 6.56. The molecule has 19 heavy (non-hydrogen) atoms. The minimum atomic E-state index is -0.822. The van der Waals surface area contributed by atoms with Crippen molar-refractivity contribution in [1.82, 2.24) is 10.6 Å². The maximum absolute atomic E-state index is 11.6. The van der Waals surface area contributed by atoms with Crippen LogP contribution in [0.2, 0.25) is 0 Å². The number of amides is 2. The van der Waals surface area contributed by atoms with Crippen molar-refractivity contribution in [2.45, 2.75) is 38.1 Å². The Kier molecular flexibility index (Phi) is 6.83. The SMILES string of the molecule is CS(=O)CCCNC(=O)NC1CCC(C(=O)O)CC1.